The van der Waals surface area contributed by atoms with Crippen LogP contribution in [0.1, 0.15) is 41.3 Å². The number of hydrogen-bond acceptors (Lipinski definition) is 4. The lowest BCUT2D eigenvalue weighted by atomic mass is 10.0. The smallest absolute Gasteiger partial charge is 0.344 e. The van der Waals surface area contributed by atoms with Crippen LogP contribution < -0.4 is 10.9 Å². The largest absolute Gasteiger partial charge is 0.452 e. The Hall–Kier alpha value is -2.89. The Kier molecular flexibility index (Phi) is 6.51. The molecule has 0 unspecified atom stereocenters. The lowest BCUT2D eigenvalue weighted by molar-refractivity contribution is -0.124. The zero-order valence-corrected chi connectivity index (χ0v) is 14.4. The number of amides is 1. The third-order valence-corrected chi connectivity index (χ3v) is 3.75. The third kappa shape index (κ3) is 5.60. The molecule has 6 nitrogen and oxygen atoms in total. The number of carbonyl (C=O) groups is 2. The van der Waals surface area contributed by atoms with Gasteiger partial charge in [0.1, 0.15) is 5.56 Å². The molecule has 2 N–H and O–H groups in total. The van der Waals surface area contributed by atoms with Crippen molar-refractivity contribution in [2.45, 2.75) is 26.2 Å². The number of esters is 1. The maximum absolute atomic E-state index is 11.7. The van der Waals surface area contributed by atoms with Gasteiger partial charge in [0, 0.05) is 12.7 Å². The van der Waals surface area contributed by atoms with E-state index in [1.165, 1.54) is 23.9 Å². The molecule has 0 aliphatic heterocycles. The summed E-state index contributed by atoms with van der Waals surface area (Å²) in [6, 6.07) is 11.1. The molecule has 0 aliphatic carbocycles. The maximum atomic E-state index is 11.7. The number of carbonyl (C=O) groups excluding carboxylic acids is 2. The standard InChI is InChI=1S/C19H22N2O4/c1-13(2)15-7-5-14(6-8-15)9-11-20-17(22)12-25-19(24)16-4-3-10-21-18(16)23/h3-8,10,13H,9,11-12H2,1-2H3,(H,20,22)(H,21,23). The van der Waals surface area contributed by atoms with E-state index in [1.54, 1.807) is 0 Å². The van der Waals surface area contributed by atoms with E-state index in [-0.39, 0.29) is 5.56 Å². The van der Waals surface area contributed by atoms with Gasteiger partial charge in [0.05, 0.1) is 0 Å². The maximum Gasteiger partial charge on any atom is 0.344 e. The molecular weight excluding hydrogens is 320 g/mol. The van der Waals surface area contributed by atoms with Crippen molar-refractivity contribution in [2.24, 2.45) is 0 Å². The van der Waals surface area contributed by atoms with Crippen molar-refractivity contribution in [3.63, 3.8) is 0 Å². The number of ether oxygens (including phenoxy) is 1. The molecular formula is C19H22N2O4. The molecule has 1 aromatic heterocycles. The van der Waals surface area contributed by atoms with Gasteiger partial charge in [0.2, 0.25) is 0 Å². The summed E-state index contributed by atoms with van der Waals surface area (Å²) in [5.41, 5.74) is 1.73. The van der Waals surface area contributed by atoms with E-state index in [9.17, 15) is 14.4 Å². The van der Waals surface area contributed by atoms with Crippen molar-refractivity contribution >= 4 is 11.9 Å². The van der Waals surface area contributed by atoms with Crippen LogP contribution in [-0.4, -0.2) is 30.0 Å². The predicted molar refractivity (Wildman–Crippen MR) is 94.6 cm³/mol. The molecule has 0 bridgehead atoms. The number of aromatic amines is 1. The van der Waals surface area contributed by atoms with Gasteiger partial charge in [-0.05, 0) is 35.6 Å². The average molecular weight is 342 g/mol. The summed E-state index contributed by atoms with van der Waals surface area (Å²) in [4.78, 5) is 37.3. The van der Waals surface area contributed by atoms with Gasteiger partial charge in [0.25, 0.3) is 11.5 Å². The molecule has 0 aliphatic rings. The fraction of sp³-hybridized carbons (Fsp3) is 0.316. The molecule has 0 saturated carbocycles. The quantitative estimate of drug-likeness (QED) is 0.754. The SMILES string of the molecule is CC(C)c1ccc(CCNC(=O)COC(=O)c2ccc[nH]c2=O)cc1. The van der Waals surface area contributed by atoms with E-state index >= 15 is 0 Å². The molecule has 0 fully saturated rings. The number of H-pyrrole nitrogens is 1. The van der Waals surface area contributed by atoms with Gasteiger partial charge >= 0.3 is 5.97 Å². The monoisotopic (exact) mass is 342 g/mol. The van der Waals surface area contributed by atoms with Crippen LogP contribution in [0.5, 0.6) is 0 Å². The zero-order valence-electron chi connectivity index (χ0n) is 14.4. The molecule has 2 aromatic rings. The van der Waals surface area contributed by atoms with Crippen LogP contribution in [0, 0.1) is 0 Å². The number of hydrogen-bond donors (Lipinski definition) is 2. The topological polar surface area (TPSA) is 88.3 Å². The summed E-state index contributed by atoms with van der Waals surface area (Å²) in [5.74, 6) is -0.735. The third-order valence-electron chi connectivity index (χ3n) is 3.75. The number of nitrogens with one attached hydrogen (secondary N) is 2. The fourth-order valence-corrected chi connectivity index (χ4v) is 2.26. The molecule has 1 heterocycles. The number of rotatable bonds is 7. The molecule has 0 saturated heterocycles. The van der Waals surface area contributed by atoms with Gasteiger partial charge in [-0.25, -0.2) is 4.79 Å². The zero-order chi connectivity index (χ0) is 18.2. The van der Waals surface area contributed by atoms with Crippen LogP contribution in [0.15, 0.2) is 47.4 Å². The van der Waals surface area contributed by atoms with Crippen molar-refractivity contribution in [3.8, 4) is 0 Å². The lowest BCUT2D eigenvalue weighted by Crippen LogP contribution is -2.31. The number of aromatic nitrogens is 1. The molecule has 1 amide bonds. The van der Waals surface area contributed by atoms with E-state index in [2.05, 4.69) is 36.3 Å². The number of benzene rings is 1. The van der Waals surface area contributed by atoms with Crippen molar-refractivity contribution in [2.75, 3.05) is 13.2 Å². The Morgan fingerprint density at radius 1 is 1.16 bits per heavy atom. The van der Waals surface area contributed by atoms with E-state index in [4.69, 9.17) is 4.74 Å². The Balaban J connectivity index is 1.73. The molecule has 0 radical (unpaired) electrons. The van der Waals surface area contributed by atoms with Gasteiger partial charge in [0.15, 0.2) is 6.61 Å². The van der Waals surface area contributed by atoms with Crippen LogP contribution in [-0.2, 0) is 16.0 Å². The minimum atomic E-state index is -0.818. The molecule has 25 heavy (non-hydrogen) atoms. The van der Waals surface area contributed by atoms with Gasteiger partial charge in [-0.3, -0.25) is 9.59 Å². The van der Waals surface area contributed by atoms with E-state index in [0.717, 1.165) is 5.56 Å². The summed E-state index contributed by atoms with van der Waals surface area (Å²) < 4.78 is 4.84. The second-order valence-corrected chi connectivity index (χ2v) is 5.99. The van der Waals surface area contributed by atoms with Crippen molar-refractivity contribution in [3.05, 3.63) is 69.6 Å². The van der Waals surface area contributed by atoms with Gasteiger partial charge < -0.3 is 15.0 Å². The molecule has 0 atom stereocenters. The van der Waals surface area contributed by atoms with Gasteiger partial charge in [-0.15, -0.1) is 0 Å². The van der Waals surface area contributed by atoms with Crippen LogP contribution in [0.25, 0.3) is 0 Å². The highest BCUT2D eigenvalue weighted by Crippen LogP contribution is 2.14. The second-order valence-electron chi connectivity index (χ2n) is 5.99. The minimum absolute atomic E-state index is 0.124. The molecule has 1 aromatic carbocycles. The first-order valence-electron chi connectivity index (χ1n) is 8.17. The lowest BCUT2D eigenvalue weighted by Gasteiger charge is -2.08. The van der Waals surface area contributed by atoms with Crippen molar-refractivity contribution in [1.29, 1.82) is 0 Å². The van der Waals surface area contributed by atoms with E-state index < -0.39 is 24.0 Å². The number of pyridine rings is 1. The molecule has 132 valence electrons. The van der Waals surface area contributed by atoms with Crippen LogP contribution >= 0.6 is 0 Å². The second kappa shape index (κ2) is 8.82. The highest BCUT2D eigenvalue weighted by Gasteiger charge is 2.13. The summed E-state index contributed by atoms with van der Waals surface area (Å²) in [7, 11) is 0. The van der Waals surface area contributed by atoms with Crippen LogP contribution in [0.3, 0.4) is 0 Å². The first kappa shape index (κ1) is 18.4. The Labute approximate surface area is 146 Å². The van der Waals surface area contributed by atoms with Crippen molar-refractivity contribution in [1.82, 2.24) is 10.3 Å². The first-order chi connectivity index (χ1) is 12.0. The summed E-state index contributed by atoms with van der Waals surface area (Å²) in [6.45, 7) is 4.31. The van der Waals surface area contributed by atoms with Crippen molar-refractivity contribution < 1.29 is 14.3 Å². The molecule has 6 heteroatoms. The normalized spacial score (nSPS) is 10.5. The van der Waals surface area contributed by atoms with Gasteiger partial charge in [-0.1, -0.05) is 38.1 Å². The van der Waals surface area contributed by atoms with Crippen LogP contribution in [0.2, 0.25) is 0 Å². The van der Waals surface area contributed by atoms with E-state index in [1.807, 2.05) is 12.1 Å². The minimum Gasteiger partial charge on any atom is -0.452 e. The highest BCUT2D eigenvalue weighted by atomic mass is 16.5. The molecule has 0 spiro atoms. The predicted octanol–water partition coefficient (Wildman–Crippen LogP) is 2.01. The van der Waals surface area contributed by atoms with Crippen LogP contribution in [0.4, 0.5) is 0 Å². The average Bonchev–Trinajstić information content (AvgIpc) is 2.60. The summed E-state index contributed by atoms with van der Waals surface area (Å²) in [6.07, 6.45) is 2.11. The Morgan fingerprint density at radius 2 is 1.88 bits per heavy atom. The first-order valence-corrected chi connectivity index (χ1v) is 8.17. The Morgan fingerprint density at radius 3 is 2.52 bits per heavy atom. The van der Waals surface area contributed by atoms with E-state index in [0.29, 0.717) is 18.9 Å². The van der Waals surface area contributed by atoms with Gasteiger partial charge in [-0.2, -0.15) is 0 Å². The highest BCUT2D eigenvalue weighted by molar-refractivity contribution is 5.90. The molecule has 2 rings (SSSR count). The fourth-order valence-electron chi connectivity index (χ4n) is 2.26. The summed E-state index contributed by atoms with van der Waals surface area (Å²) in [5, 5.41) is 2.69. The summed E-state index contributed by atoms with van der Waals surface area (Å²) >= 11 is 0. The Bertz CT molecular complexity index is 779.